The van der Waals surface area contributed by atoms with Gasteiger partial charge in [-0.2, -0.15) is 5.10 Å². The maximum absolute atomic E-state index is 14.7. The minimum atomic E-state index is -0.514. The number of cyclic esters (lactones) is 1. The number of hydrazine groups is 1. The Labute approximate surface area is 175 Å². The first kappa shape index (κ1) is 20.3. The Kier molecular flexibility index (Phi) is 6.65. The molecule has 1 amide bonds. The van der Waals surface area contributed by atoms with Gasteiger partial charge in [0.15, 0.2) is 0 Å². The topological polar surface area (TPSA) is 109 Å². The minimum Gasteiger partial charge on any atom is -0.443 e. The Hall–Kier alpha value is -2.44. The number of nitrogens with two attached hydrogens (primary N) is 2. The summed E-state index contributed by atoms with van der Waals surface area (Å²) in [6.07, 6.45) is 0.583. The Balaban J connectivity index is 1.74. The molecule has 0 saturated carbocycles. The van der Waals surface area contributed by atoms with E-state index in [2.05, 4.69) is 8.74 Å². The summed E-state index contributed by atoms with van der Waals surface area (Å²) in [5.74, 6) is 5.38. The van der Waals surface area contributed by atoms with Crippen LogP contribution in [0.2, 0.25) is 0 Å². The number of ether oxygens (including phenoxy) is 1. The number of hydrogen-bond acceptors (Lipinski definition) is 6. The molecule has 0 aromatic heterocycles. The quantitative estimate of drug-likeness (QED) is 0.135. The highest BCUT2D eigenvalue weighted by Crippen LogP contribution is 2.29. The molecular weight excluding hydrogens is 478 g/mol. The summed E-state index contributed by atoms with van der Waals surface area (Å²) in [5.41, 5.74) is 8.10. The monoisotopic (exact) mass is 498 g/mol. The smallest absolute Gasteiger partial charge is 0.414 e. The number of benzene rings is 2. The molecule has 2 aromatic carbocycles. The third kappa shape index (κ3) is 4.69. The van der Waals surface area contributed by atoms with Crippen molar-refractivity contribution in [3.63, 3.8) is 0 Å². The number of nitrogens with one attached hydrogen (secondary N) is 1. The lowest BCUT2D eigenvalue weighted by molar-refractivity contribution is 0.145. The molecule has 8 nitrogen and oxygen atoms in total. The zero-order chi connectivity index (χ0) is 20.1. The van der Waals surface area contributed by atoms with Crippen LogP contribution in [0.5, 0.6) is 0 Å². The van der Waals surface area contributed by atoms with Crippen LogP contribution in [0.1, 0.15) is 5.56 Å². The molecule has 1 atom stereocenters. The zero-order valence-corrected chi connectivity index (χ0v) is 17.0. The number of halogens is 2. The molecule has 28 heavy (non-hydrogen) atoms. The standard InChI is InChI=1S/C18H20FIN6O2/c19-17-7-14(26-10-15(8-21)28-18(26)27)5-6-16(17)13-3-1-12(2-4-13)9-25(22)11-23-24-20/h1-7,11,15,24H,8-10,21-22H2/b23-11-/t15-/m0/s1. The van der Waals surface area contributed by atoms with Gasteiger partial charge >= 0.3 is 6.09 Å². The number of carbonyl (C=O) groups is 1. The van der Waals surface area contributed by atoms with Gasteiger partial charge in [-0.05, 0) is 29.3 Å². The van der Waals surface area contributed by atoms with Crippen LogP contribution >= 0.6 is 22.9 Å². The van der Waals surface area contributed by atoms with E-state index in [1.54, 1.807) is 12.1 Å². The SMILES string of the molecule is NC[C@H]1CN(c2ccc(-c3ccc(CN(N)/C=N\NI)cc3)c(F)c2)C(=O)O1. The third-order valence-electron chi connectivity index (χ3n) is 4.29. The fourth-order valence-electron chi connectivity index (χ4n) is 2.90. The van der Waals surface area contributed by atoms with E-state index in [1.165, 1.54) is 22.3 Å². The summed E-state index contributed by atoms with van der Waals surface area (Å²) in [6.45, 7) is 1.01. The highest BCUT2D eigenvalue weighted by molar-refractivity contribution is 14.1. The predicted molar refractivity (Wildman–Crippen MR) is 114 cm³/mol. The second-order valence-electron chi connectivity index (χ2n) is 6.21. The minimum absolute atomic E-state index is 0.232. The number of hydrazone groups is 1. The lowest BCUT2D eigenvalue weighted by Crippen LogP contribution is -2.29. The molecule has 0 spiro atoms. The summed E-state index contributed by atoms with van der Waals surface area (Å²) in [7, 11) is 0. The number of anilines is 1. The fourth-order valence-corrected chi connectivity index (χ4v) is 3.02. The van der Waals surface area contributed by atoms with Crippen molar-refractivity contribution >= 4 is 41.0 Å². The van der Waals surface area contributed by atoms with E-state index in [0.29, 0.717) is 24.3 Å². The molecule has 148 valence electrons. The van der Waals surface area contributed by atoms with E-state index in [-0.39, 0.29) is 12.6 Å². The van der Waals surface area contributed by atoms with Gasteiger partial charge in [0.2, 0.25) is 0 Å². The largest absolute Gasteiger partial charge is 0.443 e. The lowest BCUT2D eigenvalue weighted by atomic mass is 10.0. The van der Waals surface area contributed by atoms with Gasteiger partial charge < -0.3 is 10.5 Å². The molecule has 5 N–H and O–H groups in total. The molecule has 2 aromatic rings. The maximum Gasteiger partial charge on any atom is 0.414 e. The van der Waals surface area contributed by atoms with Gasteiger partial charge in [-0.25, -0.2) is 18.7 Å². The second-order valence-corrected chi connectivity index (χ2v) is 6.70. The van der Waals surface area contributed by atoms with Crippen LogP contribution in [0, 0.1) is 5.82 Å². The molecular formula is C18H20FIN6O2. The van der Waals surface area contributed by atoms with E-state index >= 15 is 0 Å². The molecule has 1 saturated heterocycles. The predicted octanol–water partition coefficient (Wildman–Crippen LogP) is 2.34. The van der Waals surface area contributed by atoms with Gasteiger partial charge in [-0.15, -0.1) is 0 Å². The second kappa shape index (κ2) is 9.17. The first-order chi connectivity index (χ1) is 13.5. The number of nitrogens with zero attached hydrogens (tertiary/aromatic N) is 3. The first-order valence-corrected chi connectivity index (χ1v) is 9.57. The molecule has 0 aliphatic carbocycles. The zero-order valence-electron chi connectivity index (χ0n) is 14.9. The maximum atomic E-state index is 14.7. The molecule has 1 aliphatic rings. The van der Waals surface area contributed by atoms with Gasteiger partial charge in [-0.1, -0.05) is 24.3 Å². The molecule has 0 bridgehead atoms. The number of hydrogen-bond donors (Lipinski definition) is 3. The summed E-state index contributed by atoms with van der Waals surface area (Å²) in [4.78, 5) is 13.3. The molecule has 1 fully saturated rings. The third-order valence-corrected chi connectivity index (χ3v) is 4.56. The number of rotatable bonds is 7. The Morgan fingerprint density at radius 2 is 2.11 bits per heavy atom. The van der Waals surface area contributed by atoms with Gasteiger partial charge in [-0.3, -0.25) is 9.91 Å². The molecule has 10 heteroatoms. The summed E-state index contributed by atoms with van der Waals surface area (Å²) >= 11 is 1.88. The van der Waals surface area contributed by atoms with Crippen LogP contribution < -0.4 is 20.1 Å². The van der Waals surface area contributed by atoms with Gasteiger partial charge in [0.25, 0.3) is 0 Å². The van der Waals surface area contributed by atoms with E-state index in [0.717, 1.165) is 11.1 Å². The molecule has 1 aliphatic heterocycles. The van der Waals surface area contributed by atoms with Crippen LogP contribution in [-0.4, -0.2) is 36.6 Å². The van der Waals surface area contributed by atoms with Crippen molar-refractivity contribution in [2.24, 2.45) is 16.7 Å². The van der Waals surface area contributed by atoms with Crippen molar-refractivity contribution in [1.29, 1.82) is 0 Å². The van der Waals surface area contributed by atoms with Crippen LogP contribution in [0.4, 0.5) is 14.9 Å². The van der Waals surface area contributed by atoms with Crippen LogP contribution in [0.25, 0.3) is 11.1 Å². The van der Waals surface area contributed by atoms with Crippen molar-refractivity contribution < 1.29 is 13.9 Å². The van der Waals surface area contributed by atoms with Gasteiger partial charge in [0, 0.05) is 12.1 Å². The van der Waals surface area contributed by atoms with Gasteiger partial charge in [0.05, 0.1) is 41.6 Å². The summed E-state index contributed by atoms with van der Waals surface area (Å²) in [6, 6.07) is 12.1. The first-order valence-electron chi connectivity index (χ1n) is 8.49. The van der Waals surface area contributed by atoms with Gasteiger partial charge in [0.1, 0.15) is 18.3 Å². The van der Waals surface area contributed by atoms with Crippen LogP contribution in [0.3, 0.4) is 0 Å². The van der Waals surface area contributed by atoms with Crippen molar-refractivity contribution in [1.82, 2.24) is 8.65 Å². The van der Waals surface area contributed by atoms with E-state index in [1.807, 2.05) is 47.1 Å². The van der Waals surface area contributed by atoms with Crippen molar-refractivity contribution in [2.45, 2.75) is 12.6 Å². The number of amides is 1. The van der Waals surface area contributed by atoms with E-state index < -0.39 is 11.9 Å². The van der Waals surface area contributed by atoms with Crippen LogP contribution in [-0.2, 0) is 11.3 Å². The normalized spacial score (nSPS) is 16.5. The molecule has 0 unspecified atom stereocenters. The summed E-state index contributed by atoms with van der Waals surface area (Å²) in [5, 5.41) is 5.25. The highest BCUT2D eigenvalue weighted by Gasteiger charge is 2.31. The van der Waals surface area contributed by atoms with E-state index in [4.69, 9.17) is 16.3 Å². The lowest BCUT2D eigenvalue weighted by Gasteiger charge is -2.15. The van der Waals surface area contributed by atoms with Crippen molar-refractivity contribution in [3.8, 4) is 11.1 Å². The highest BCUT2D eigenvalue weighted by atomic mass is 127. The Bertz CT molecular complexity index is 864. The molecule has 0 radical (unpaired) electrons. The average Bonchev–Trinajstić information content (AvgIpc) is 3.08. The number of carbonyl (C=O) groups excluding carboxylic acids is 1. The van der Waals surface area contributed by atoms with Crippen molar-refractivity contribution in [2.75, 3.05) is 18.0 Å². The summed E-state index contributed by atoms with van der Waals surface area (Å²) < 4.78 is 22.4. The molecule has 1 heterocycles. The van der Waals surface area contributed by atoms with Crippen LogP contribution in [0.15, 0.2) is 47.6 Å². The average molecular weight is 498 g/mol. The Morgan fingerprint density at radius 1 is 1.36 bits per heavy atom. The Morgan fingerprint density at radius 3 is 2.71 bits per heavy atom. The fraction of sp³-hybridized carbons (Fsp3) is 0.222. The van der Waals surface area contributed by atoms with Crippen molar-refractivity contribution in [3.05, 3.63) is 53.8 Å². The van der Waals surface area contributed by atoms with E-state index in [9.17, 15) is 9.18 Å². The molecule has 3 rings (SSSR count).